The largest absolute Gasteiger partial charge is 0.496 e. The topological polar surface area (TPSA) is 63.2 Å². The second-order valence-corrected chi connectivity index (χ2v) is 7.34. The average molecular weight is 413 g/mol. The van der Waals surface area contributed by atoms with Gasteiger partial charge in [0.2, 0.25) is 0 Å². The lowest BCUT2D eigenvalue weighted by molar-refractivity contribution is -0.123. The van der Waals surface area contributed by atoms with Crippen molar-refractivity contribution in [3.05, 3.63) is 59.4 Å². The second kappa shape index (κ2) is 10.7. The first-order valence-electron chi connectivity index (χ1n) is 10.2. The number of hydrazone groups is 1. The molecule has 2 aromatic carbocycles. The van der Waals surface area contributed by atoms with Crippen molar-refractivity contribution in [3.63, 3.8) is 0 Å². The summed E-state index contributed by atoms with van der Waals surface area (Å²) in [7, 11) is 1.68. The van der Waals surface area contributed by atoms with Gasteiger partial charge in [-0.2, -0.15) is 5.10 Å². The number of hydrogen-bond donors (Lipinski definition) is 1. The third kappa shape index (κ3) is 6.29. The van der Waals surface area contributed by atoms with Crippen molar-refractivity contribution in [3.8, 4) is 11.5 Å². The van der Waals surface area contributed by atoms with Crippen molar-refractivity contribution in [2.75, 3.05) is 26.8 Å². The molecule has 0 atom stereocenters. The number of rotatable bonds is 8. The zero-order valence-electron chi connectivity index (χ0n) is 17.5. The minimum absolute atomic E-state index is 0.247. The molecule has 3 rings (SSSR count). The van der Waals surface area contributed by atoms with Gasteiger partial charge in [-0.15, -0.1) is 0 Å². The fraction of sp³-hybridized carbons (Fsp3) is 0.391. The van der Waals surface area contributed by atoms with Crippen LogP contribution < -0.4 is 14.9 Å². The summed E-state index contributed by atoms with van der Waals surface area (Å²) in [5.41, 5.74) is 5.18. The molecule has 1 saturated heterocycles. The van der Waals surface area contributed by atoms with Gasteiger partial charge >= 0.3 is 0 Å². The monoisotopic (exact) mass is 413 g/mol. The van der Waals surface area contributed by atoms with Gasteiger partial charge in [0.15, 0.2) is 6.61 Å². The van der Waals surface area contributed by atoms with E-state index < -0.39 is 11.7 Å². The minimum Gasteiger partial charge on any atom is -0.496 e. The Bertz CT molecular complexity index is 895. The van der Waals surface area contributed by atoms with Crippen LogP contribution in [-0.2, 0) is 11.3 Å². The van der Waals surface area contributed by atoms with Gasteiger partial charge in [-0.25, -0.2) is 9.82 Å². The smallest absolute Gasteiger partial charge is 0.277 e. The first-order chi connectivity index (χ1) is 14.5. The maximum atomic E-state index is 13.2. The van der Waals surface area contributed by atoms with Gasteiger partial charge in [0, 0.05) is 18.2 Å². The Morgan fingerprint density at radius 2 is 1.97 bits per heavy atom. The van der Waals surface area contributed by atoms with Crippen LogP contribution in [0.4, 0.5) is 4.39 Å². The van der Waals surface area contributed by atoms with E-state index in [1.165, 1.54) is 37.5 Å². The molecule has 30 heavy (non-hydrogen) atoms. The standard InChI is InChI=1S/C23H28FN3O3/c1-17(25-26-23(28)16-30-21-8-6-7-20(24)14-21)18-9-10-22(29-2)19(13-18)15-27-11-4-3-5-12-27/h6-10,13-14H,3-5,11-12,15-16H2,1-2H3,(H,26,28)/b25-17-. The van der Waals surface area contributed by atoms with Crippen LogP contribution >= 0.6 is 0 Å². The number of piperidine rings is 1. The number of benzene rings is 2. The first kappa shape index (κ1) is 21.8. The quantitative estimate of drug-likeness (QED) is 0.529. The van der Waals surface area contributed by atoms with Gasteiger partial charge in [-0.1, -0.05) is 12.5 Å². The van der Waals surface area contributed by atoms with E-state index in [0.717, 1.165) is 36.5 Å². The van der Waals surface area contributed by atoms with Crippen LogP contribution in [-0.4, -0.2) is 43.3 Å². The molecule has 0 saturated carbocycles. The molecule has 160 valence electrons. The molecule has 0 spiro atoms. The van der Waals surface area contributed by atoms with E-state index in [1.807, 2.05) is 19.1 Å². The lowest BCUT2D eigenvalue weighted by Crippen LogP contribution is -2.29. The predicted octanol–water partition coefficient (Wildman–Crippen LogP) is 3.74. The molecule has 1 heterocycles. The fourth-order valence-electron chi connectivity index (χ4n) is 3.43. The molecule has 0 unspecified atom stereocenters. The summed E-state index contributed by atoms with van der Waals surface area (Å²) in [6.07, 6.45) is 3.75. The van der Waals surface area contributed by atoms with Crippen LogP contribution in [0.25, 0.3) is 0 Å². The molecule has 6 nitrogen and oxygen atoms in total. The molecule has 1 aliphatic rings. The lowest BCUT2D eigenvalue weighted by Gasteiger charge is -2.27. The Balaban J connectivity index is 1.60. The summed E-state index contributed by atoms with van der Waals surface area (Å²) in [5, 5.41) is 4.18. The molecule has 0 radical (unpaired) electrons. The molecular weight excluding hydrogens is 385 g/mol. The number of ether oxygens (including phenoxy) is 2. The van der Waals surface area contributed by atoms with Gasteiger partial charge in [-0.05, 0) is 68.8 Å². The highest BCUT2D eigenvalue weighted by Gasteiger charge is 2.14. The second-order valence-electron chi connectivity index (χ2n) is 7.34. The number of methoxy groups -OCH3 is 1. The van der Waals surface area contributed by atoms with E-state index in [-0.39, 0.29) is 6.61 Å². The van der Waals surface area contributed by atoms with Crippen LogP contribution in [0.15, 0.2) is 47.6 Å². The van der Waals surface area contributed by atoms with E-state index in [2.05, 4.69) is 21.5 Å². The Kier molecular flexibility index (Phi) is 7.79. The third-order valence-electron chi connectivity index (χ3n) is 5.06. The number of amides is 1. The Labute approximate surface area is 176 Å². The number of halogens is 1. The summed E-state index contributed by atoms with van der Waals surface area (Å²) in [4.78, 5) is 14.4. The maximum absolute atomic E-state index is 13.2. The fourth-order valence-corrected chi connectivity index (χ4v) is 3.43. The Morgan fingerprint density at radius 1 is 1.17 bits per heavy atom. The van der Waals surface area contributed by atoms with E-state index in [4.69, 9.17) is 9.47 Å². The zero-order chi connectivity index (χ0) is 21.3. The number of nitrogens with zero attached hydrogens (tertiary/aromatic N) is 2. The van der Waals surface area contributed by atoms with Gasteiger partial charge in [-0.3, -0.25) is 9.69 Å². The average Bonchev–Trinajstić information content (AvgIpc) is 2.76. The minimum atomic E-state index is -0.416. The van der Waals surface area contributed by atoms with Gasteiger partial charge in [0.25, 0.3) is 5.91 Å². The van der Waals surface area contributed by atoms with Crippen LogP contribution in [0.3, 0.4) is 0 Å². The number of carbonyl (C=O) groups excluding carboxylic acids is 1. The van der Waals surface area contributed by atoms with Crippen molar-refractivity contribution in [2.45, 2.75) is 32.7 Å². The zero-order valence-corrected chi connectivity index (χ0v) is 17.5. The van der Waals surface area contributed by atoms with Crippen LogP contribution in [0.1, 0.15) is 37.3 Å². The number of nitrogens with one attached hydrogen (secondary N) is 1. The van der Waals surface area contributed by atoms with Gasteiger partial charge < -0.3 is 9.47 Å². The summed E-state index contributed by atoms with van der Waals surface area (Å²) in [6, 6.07) is 11.6. The highest BCUT2D eigenvalue weighted by molar-refractivity contribution is 5.99. The molecular formula is C23H28FN3O3. The van der Waals surface area contributed by atoms with Crippen molar-refractivity contribution < 1.29 is 18.7 Å². The van der Waals surface area contributed by atoms with E-state index >= 15 is 0 Å². The number of carbonyl (C=O) groups is 1. The Hall–Kier alpha value is -2.93. The molecule has 1 aliphatic heterocycles. The van der Waals surface area contributed by atoms with E-state index in [0.29, 0.717) is 11.5 Å². The number of hydrogen-bond acceptors (Lipinski definition) is 5. The molecule has 0 aromatic heterocycles. The molecule has 1 amide bonds. The van der Waals surface area contributed by atoms with Crippen LogP contribution in [0, 0.1) is 5.82 Å². The molecule has 7 heteroatoms. The summed E-state index contributed by atoms with van der Waals surface area (Å²) < 4.78 is 24.0. The Morgan fingerprint density at radius 3 is 2.70 bits per heavy atom. The van der Waals surface area contributed by atoms with Crippen molar-refractivity contribution in [1.29, 1.82) is 0 Å². The first-order valence-corrected chi connectivity index (χ1v) is 10.2. The highest BCUT2D eigenvalue weighted by Crippen LogP contribution is 2.23. The van der Waals surface area contributed by atoms with Crippen LogP contribution in [0.2, 0.25) is 0 Å². The highest BCUT2D eigenvalue weighted by atomic mass is 19.1. The van der Waals surface area contributed by atoms with Crippen molar-refractivity contribution >= 4 is 11.6 Å². The summed E-state index contributed by atoms with van der Waals surface area (Å²) in [6.45, 7) is 4.62. The molecule has 1 N–H and O–H groups in total. The normalized spacial score (nSPS) is 15.0. The third-order valence-corrected chi connectivity index (χ3v) is 5.06. The van der Waals surface area contributed by atoms with Crippen LogP contribution in [0.5, 0.6) is 11.5 Å². The number of likely N-dealkylation sites (tertiary alicyclic amines) is 1. The molecule has 0 aliphatic carbocycles. The van der Waals surface area contributed by atoms with E-state index in [1.54, 1.807) is 13.2 Å². The SMILES string of the molecule is COc1ccc(/C(C)=N\NC(=O)COc2cccc(F)c2)cc1CN1CCCCC1. The van der Waals surface area contributed by atoms with Gasteiger partial charge in [0.1, 0.15) is 17.3 Å². The molecule has 2 aromatic rings. The lowest BCUT2D eigenvalue weighted by atomic mass is 10.0. The van der Waals surface area contributed by atoms with Crippen molar-refractivity contribution in [2.24, 2.45) is 5.10 Å². The maximum Gasteiger partial charge on any atom is 0.277 e. The molecule has 0 bridgehead atoms. The van der Waals surface area contributed by atoms with E-state index in [9.17, 15) is 9.18 Å². The predicted molar refractivity (Wildman–Crippen MR) is 114 cm³/mol. The summed E-state index contributed by atoms with van der Waals surface area (Å²) >= 11 is 0. The molecule has 1 fully saturated rings. The van der Waals surface area contributed by atoms with Crippen molar-refractivity contribution in [1.82, 2.24) is 10.3 Å². The summed E-state index contributed by atoms with van der Waals surface area (Å²) in [5.74, 6) is 0.315. The van der Waals surface area contributed by atoms with Gasteiger partial charge in [0.05, 0.1) is 12.8 Å².